The number of hydrogen-bond acceptors (Lipinski definition) is 4. The van der Waals surface area contributed by atoms with E-state index in [0.29, 0.717) is 12.1 Å². The summed E-state index contributed by atoms with van der Waals surface area (Å²) in [6, 6.07) is 3.59. The van der Waals surface area contributed by atoms with Crippen LogP contribution < -0.4 is 10.2 Å². The van der Waals surface area contributed by atoms with Gasteiger partial charge in [0.05, 0.1) is 11.2 Å². The predicted octanol–water partition coefficient (Wildman–Crippen LogP) is 1.33. The zero-order valence-electron chi connectivity index (χ0n) is 11.6. The number of hydrogen-bond donors (Lipinski definition) is 2. The summed E-state index contributed by atoms with van der Waals surface area (Å²) in [5.74, 6) is 0.628. The minimum Gasteiger partial charge on any atom is -0.388 e. The lowest BCUT2D eigenvalue weighted by atomic mass is 9.80. The number of nitrogens with zero attached hydrogens (tertiary/aromatic N) is 2. The van der Waals surface area contributed by atoms with Crippen molar-refractivity contribution in [2.75, 3.05) is 24.5 Å². The summed E-state index contributed by atoms with van der Waals surface area (Å²) in [5.41, 5.74) is -0.0802. The zero-order chi connectivity index (χ0) is 14.0. The molecule has 0 radical (unpaired) electrons. The Kier molecular flexibility index (Phi) is 3.61. The van der Waals surface area contributed by atoms with Crippen molar-refractivity contribution in [3.8, 4) is 0 Å². The van der Waals surface area contributed by atoms with E-state index in [1.54, 1.807) is 18.3 Å². The minimum atomic E-state index is -0.689. The Balaban J connectivity index is 1.70. The van der Waals surface area contributed by atoms with Crippen LogP contribution >= 0.6 is 0 Å². The van der Waals surface area contributed by atoms with Crippen LogP contribution in [0.15, 0.2) is 18.3 Å². The fourth-order valence-electron chi connectivity index (χ4n) is 2.86. The van der Waals surface area contributed by atoms with Crippen LogP contribution in [-0.2, 0) is 0 Å². The Morgan fingerprint density at radius 2 is 2.10 bits per heavy atom. The smallest absolute Gasteiger partial charge is 0.255 e. The third-order valence-corrected chi connectivity index (χ3v) is 4.30. The van der Waals surface area contributed by atoms with E-state index in [1.807, 2.05) is 0 Å². The van der Waals surface area contributed by atoms with Gasteiger partial charge in [-0.15, -0.1) is 0 Å². The number of pyridine rings is 1. The molecule has 1 aromatic rings. The van der Waals surface area contributed by atoms with Gasteiger partial charge in [0, 0.05) is 25.8 Å². The maximum Gasteiger partial charge on any atom is 0.255 e. The normalized spacial score (nSPS) is 20.6. The summed E-state index contributed by atoms with van der Waals surface area (Å²) in [6.45, 7) is 2.25. The van der Waals surface area contributed by atoms with Gasteiger partial charge in [0.2, 0.25) is 0 Å². The molecule has 2 fully saturated rings. The molecule has 5 nitrogen and oxygen atoms in total. The summed E-state index contributed by atoms with van der Waals surface area (Å²) < 4.78 is 0. The largest absolute Gasteiger partial charge is 0.388 e. The number of anilines is 1. The molecule has 1 amide bonds. The topological polar surface area (TPSA) is 65.5 Å². The second kappa shape index (κ2) is 5.40. The Morgan fingerprint density at radius 3 is 2.75 bits per heavy atom. The van der Waals surface area contributed by atoms with Gasteiger partial charge in [-0.3, -0.25) is 4.79 Å². The van der Waals surface area contributed by atoms with E-state index < -0.39 is 5.60 Å². The average Bonchev–Trinajstić information content (AvgIpc) is 2.96. The van der Waals surface area contributed by atoms with Crippen LogP contribution in [0.3, 0.4) is 0 Å². The third-order valence-electron chi connectivity index (χ3n) is 4.30. The number of rotatable bonds is 4. The van der Waals surface area contributed by atoms with Crippen LogP contribution in [0, 0.1) is 0 Å². The first kappa shape index (κ1) is 13.4. The van der Waals surface area contributed by atoms with Crippen molar-refractivity contribution in [2.45, 2.75) is 37.7 Å². The standard InChI is InChI=1S/C15H21N3O2/c19-14(17-11-15(20)6-4-7-15)12-5-3-8-16-13(12)18-9-1-2-10-18/h3,5,8,20H,1-2,4,6-7,9-11H2,(H,17,19). The Morgan fingerprint density at radius 1 is 1.35 bits per heavy atom. The highest BCUT2D eigenvalue weighted by atomic mass is 16.3. The van der Waals surface area contributed by atoms with Crippen LogP contribution in [0.4, 0.5) is 5.82 Å². The monoisotopic (exact) mass is 275 g/mol. The fourth-order valence-corrected chi connectivity index (χ4v) is 2.86. The number of aromatic nitrogens is 1. The maximum absolute atomic E-state index is 12.3. The van der Waals surface area contributed by atoms with Gasteiger partial charge in [-0.1, -0.05) is 0 Å². The van der Waals surface area contributed by atoms with E-state index >= 15 is 0 Å². The summed E-state index contributed by atoms with van der Waals surface area (Å²) in [6.07, 6.45) is 6.62. The quantitative estimate of drug-likeness (QED) is 0.870. The molecule has 0 aromatic carbocycles. The first-order valence-electron chi connectivity index (χ1n) is 7.39. The van der Waals surface area contributed by atoms with Crippen LogP contribution in [0.2, 0.25) is 0 Å². The number of nitrogens with one attached hydrogen (secondary N) is 1. The van der Waals surface area contributed by atoms with Gasteiger partial charge < -0.3 is 15.3 Å². The number of aliphatic hydroxyl groups is 1. The van der Waals surface area contributed by atoms with Crippen molar-refractivity contribution in [3.63, 3.8) is 0 Å². The van der Waals surface area contributed by atoms with Gasteiger partial charge in [0.1, 0.15) is 5.82 Å². The van der Waals surface area contributed by atoms with E-state index in [9.17, 15) is 9.90 Å². The molecule has 5 heteroatoms. The van der Waals surface area contributed by atoms with E-state index in [-0.39, 0.29) is 5.91 Å². The molecule has 0 atom stereocenters. The summed E-state index contributed by atoms with van der Waals surface area (Å²) in [7, 11) is 0. The van der Waals surface area contributed by atoms with E-state index in [0.717, 1.165) is 51.0 Å². The zero-order valence-corrected chi connectivity index (χ0v) is 11.6. The second-order valence-corrected chi connectivity index (χ2v) is 5.83. The highest BCUT2D eigenvalue weighted by Gasteiger charge is 2.34. The Labute approximate surface area is 119 Å². The molecule has 0 unspecified atom stereocenters. The molecule has 1 saturated heterocycles. The molecule has 1 aliphatic heterocycles. The lowest BCUT2D eigenvalue weighted by Gasteiger charge is -2.36. The summed E-state index contributed by atoms with van der Waals surface area (Å²) in [5, 5.41) is 12.9. The molecule has 1 aliphatic carbocycles. The number of carbonyl (C=O) groups excluding carboxylic acids is 1. The molecular formula is C15H21N3O2. The Hall–Kier alpha value is -1.62. The van der Waals surface area contributed by atoms with E-state index in [4.69, 9.17) is 0 Å². The molecule has 1 aromatic heterocycles. The van der Waals surface area contributed by atoms with Crippen molar-refractivity contribution in [1.82, 2.24) is 10.3 Å². The highest BCUT2D eigenvalue weighted by Crippen LogP contribution is 2.30. The number of carbonyl (C=O) groups is 1. The fraction of sp³-hybridized carbons (Fsp3) is 0.600. The van der Waals surface area contributed by atoms with Gasteiger partial charge in [0.15, 0.2) is 0 Å². The van der Waals surface area contributed by atoms with Crippen molar-refractivity contribution < 1.29 is 9.90 Å². The summed E-state index contributed by atoms with van der Waals surface area (Å²) >= 11 is 0. The van der Waals surface area contributed by atoms with Gasteiger partial charge >= 0.3 is 0 Å². The van der Waals surface area contributed by atoms with Crippen LogP contribution in [0.1, 0.15) is 42.5 Å². The van der Waals surface area contributed by atoms with Crippen molar-refractivity contribution in [2.24, 2.45) is 0 Å². The number of amides is 1. The predicted molar refractivity (Wildman–Crippen MR) is 76.8 cm³/mol. The van der Waals surface area contributed by atoms with Crippen molar-refractivity contribution in [1.29, 1.82) is 0 Å². The van der Waals surface area contributed by atoms with E-state index in [2.05, 4.69) is 15.2 Å². The van der Waals surface area contributed by atoms with Gasteiger partial charge in [-0.2, -0.15) is 0 Å². The van der Waals surface area contributed by atoms with Gasteiger partial charge in [-0.05, 0) is 44.2 Å². The lowest BCUT2D eigenvalue weighted by molar-refractivity contribution is -0.0300. The van der Waals surface area contributed by atoms with Crippen LogP contribution in [0.5, 0.6) is 0 Å². The van der Waals surface area contributed by atoms with Crippen molar-refractivity contribution in [3.05, 3.63) is 23.9 Å². The van der Waals surface area contributed by atoms with Crippen molar-refractivity contribution >= 4 is 11.7 Å². The molecular weight excluding hydrogens is 254 g/mol. The Bertz CT molecular complexity index is 494. The molecule has 3 rings (SSSR count). The average molecular weight is 275 g/mol. The van der Waals surface area contributed by atoms with Gasteiger partial charge in [0.25, 0.3) is 5.91 Å². The molecule has 2 heterocycles. The molecule has 2 N–H and O–H groups in total. The van der Waals surface area contributed by atoms with E-state index in [1.165, 1.54) is 0 Å². The lowest BCUT2D eigenvalue weighted by Crippen LogP contribution is -2.48. The second-order valence-electron chi connectivity index (χ2n) is 5.83. The first-order chi connectivity index (χ1) is 9.68. The molecule has 108 valence electrons. The summed E-state index contributed by atoms with van der Waals surface area (Å²) in [4.78, 5) is 18.8. The molecule has 0 bridgehead atoms. The minimum absolute atomic E-state index is 0.139. The third kappa shape index (κ3) is 2.63. The molecule has 20 heavy (non-hydrogen) atoms. The van der Waals surface area contributed by atoms with Crippen LogP contribution in [0.25, 0.3) is 0 Å². The molecule has 2 aliphatic rings. The molecule has 0 spiro atoms. The van der Waals surface area contributed by atoms with Gasteiger partial charge in [-0.25, -0.2) is 4.98 Å². The maximum atomic E-state index is 12.3. The molecule has 1 saturated carbocycles. The van der Waals surface area contributed by atoms with Crippen LogP contribution in [-0.4, -0.2) is 41.2 Å². The first-order valence-corrected chi connectivity index (χ1v) is 7.39. The SMILES string of the molecule is O=C(NCC1(O)CCC1)c1cccnc1N1CCCC1. The highest BCUT2D eigenvalue weighted by molar-refractivity contribution is 5.98.